The predicted molar refractivity (Wildman–Crippen MR) is 47.4 cm³/mol. The summed E-state index contributed by atoms with van der Waals surface area (Å²) in [5.41, 5.74) is 1.07. The molecule has 1 aliphatic rings. The molecule has 4 nitrogen and oxygen atoms in total. The van der Waals surface area contributed by atoms with Gasteiger partial charge in [-0.15, -0.1) is 0 Å². The molecule has 1 aromatic rings. The van der Waals surface area contributed by atoms with Crippen LogP contribution in [0.5, 0.6) is 0 Å². The van der Waals surface area contributed by atoms with Crippen LogP contribution in [0.25, 0.3) is 0 Å². The fraction of sp³-hybridized carbons (Fsp3) is 0.333. The normalized spacial score (nSPS) is 19.0. The Bertz CT molecular complexity index is 313. The van der Waals surface area contributed by atoms with E-state index in [2.05, 4.69) is 15.0 Å². The van der Waals surface area contributed by atoms with Crippen molar-refractivity contribution in [3.8, 4) is 0 Å². The zero-order chi connectivity index (χ0) is 9.26. The molecule has 0 spiro atoms. The number of rotatable bonds is 1. The van der Waals surface area contributed by atoms with Crippen molar-refractivity contribution >= 4 is 11.8 Å². The number of esters is 1. The van der Waals surface area contributed by atoms with Gasteiger partial charge in [-0.05, 0) is 11.6 Å². The van der Waals surface area contributed by atoms with E-state index in [-0.39, 0.29) is 12.0 Å². The number of nitrogens with zero attached hydrogens (tertiary/aromatic N) is 1. The van der Waals surface area contributed by atoms with Crippen LogP contribution >= 0.6 is 0 Å². The van der Waals surface area contributed by atoms with E-state index in [0.29, 0.717) is 6.42 Å². The summed E-state index contributed by atoms with van der Waals surface area (Å²) < 4.78 is 4.64. The number of methoxy groups -OCH3 is 1. The van der Waals surface area contributed by atoms with Crippen LogP contribution in [-0.2, 0) is 16.0 Å². The highest BCUT2D eigenvalue weighted by Crippen LogP contribution is 2.22. The zero-order valence-corrected chi connectivity index (χ0v) is 7.28. The first-order valence-electron chi connectivity index (χ1n) is 4.09. The van der Waals surface area contributed by atoms with Crippen molar-refractivity contribution in [2.24, 2.45) is 0 Å². The van der Waals surface area contributed by atoms with Crippen LogP contribution in [0.1, 0.15) is 5.56 Å². The summed E-state index contributed by atoms with van der Waals surface area (Å²) in [4.78, 5) is 15.3. The molecule has 13 heavy (non-hydrogen) atoms. The third-order valence-corrected chi connectivity index (χ3v) is 2.11. The van der Waals surface area contributed by atoms with Crippen LogP contribution in [0.15, 0.2) is 18.3 Å². The van der Waals surface area contributed by atoms with Crippen LogP contribution in [0, 0.1) is 0 Å². The van der Waals surface area contributed by atoms with E-state index < -0.39 is 0 Å². The number of aromatic nitrogens is 1. The summed E-state index contributed by atoms with van der Waals surface area (Å²) in [5.74, 6) is 0.552. The Morgan fingerprint density at radius 3 is 3.31 bits per heavy atom. The van der Waals surface area contributed by atoms with E-state index in [4.69, 9.17) is 0 Å². The van der Waals surface area contributed by atoms with Crippen LogP contribution in [0.4, 0.5) is 5.82 Å². The number of pyridine rings is 1. The van der Waals surface area contributed by atoms with Gasteiger partial charge < -0.3 is 10.1 Å². The van der Waals surface area contributed by atoms with E-state index in [1.54, 1.807) is 6.20 Å². The highest BCUT2D eigenvalue weighted by atomic mass is 16.5. The van der Waals surface area contributed by atoms with Crippen LogP contribution < -0.4 is 5.32 Å². The van der Waals surface area contributed by atoms with E-state index in [1.807, 2.05) is 12.1 Å². The summed E-state index contributed by atoms with van der Waals surface area (Å²) in [5, 5.41) is 3.00. The lowest BCUT2D eigenvalue weighted by Crippen LogP contribution is -2.28. The Labute approximate surface area is 75.9 Å². The molecule has 0 aliphatic carbocycles. The molecule has 0 bridgehead atoms. The summed E-state index contributed by atoms with van der Waals surface area (Å²) in [6, 6.07) is 3.55. The second-order valence-corrected chi connectivity index (χ2v) is 2.94. The fourth-order valence-corrected chi connectivity index (χ4v) is 1.45. The molecule has 4 heteroatoms. The van der Waals surface area contributed by atoms with Crippen molar-refractivity contribution in [3.63, 3.8) is 0 Å². The molecule has 0 saturated carbocycles. The first-order chi connectivity index (χ1) is 6.31. The molecule has 1 N–H and O–H groups in total. The number of hydrogen-bond donors (Lipinski definition) is 1. The van der Waals surface area contributed by atoms with E-state index in [1.165, 1.54) is 7.11 Å². The van der Waals surface area contributed by atoms with Crippen LogP contribution in [0.2, 0.25) is 0 Å². The number of fused-ring (bicyclic) bond motifs is 1. The maximum Gasteiger partial charge on any atom is 0.328 e. The first kappa shape index (κ1) is 8.04. The quantitative estimate of drug-likeness (QED) is 0.639. The minimum Gasteiger partial charge on any atom is -0.467 e. The lowest BCUT2D eigenvalue weighted by atomic mass is 10.1. The van der Waals surface area contributed by atoms with Crippen molar-refractivity contribution in [1.29, 1.82) is 0 Å². The van der Waals surface area contributed by atoms with E-state index in [0.717, 1.165) is 11.4 Å². The Morgan fingerprint density at radius 2 is 2.62 bits per heavy atom. The molecule has 0 radical (unpaired) electrons. The summed E-state index contributed by atoms with van der Waals surface area (Å²) in [6.45, 7) is 0. The molecule has 0 amide bonds. The molecule has 1 atom stereocenters. The topological polar surface area (TPSA) is 51.2 Å². The maximum absolute atomic E-state index is 11.2. The molecule has 68 valence electrons. The predicted octanol–water partition coefficient (Wildman–Crippen LogP) is 0.591. The maximum atomic E-state index is 11.2. The molecule has 0 saturated heterocycles. The van der Waals surface area contributed by atoms with Gasteiger partial charge >= 0.3 is 5.97 Å². The molecule has 0 unspecified atom stereocenters. The molecule has 0 fully saturated rings. The van der Waals surface area contributed by atoms with Gasteiger partial charge in [-0.2, -0.15) is 0 Å². The van der Waals surface area contributed by atoms with Crippen molar-refractivity contribution in [3.05, 3.63) is 23.9 Å². The SMILES string of the molecule is COC(=O)[C@H]1Cc2cccnc2N1. The van der Waals surface area contributed by atoms with E-state index >= 15 is 0 Å². The van der Waals surface area contributed by atoms with Crippen molar-refractivity contribution < 1.29 is 9.53 Å². The van der Waals surface area contributed by atoms with Gasteiger partial charge in [-0.3, -0.25) is 0 Å². The van der Waals surface area contributed by atoms with Gasteiger partial charge in [0.15, 0.2) is 0 Å². The summed E-state index contributed by atoms with van der Waals surface area (Å²) in [7, 11) is 1.39. The molecule has 1 aromatic heterocycles. The Balaban J connectivity index is 2.18. The second-order valence-electron chi connectivity index (χ2n) is 2.94. The van der Waals surface area contributed by atoms with Gasteiger partial charge in [-0.25, -0.2) is 9.78 Å². The van der Waals surface area contributed by atoms with Gasteiger partial charge in [0.2, 0.25) is 0 Å². The number of nitrogens with one attached hydrogen (secondary N) is 1. The zero-order valence-electron chi connectivity index (χ0n) is 7.28. The van der Waals surface area contributed by atoms with Crippen molar-refractivity contribution in [2.75, 3.05) is 12.4 Å². The third-order valence-electron chi connectivity index (χ3n) is 2.11. The van der Waals surface area contributed by atoms with E-state index in [9.17, 15) is 4.79 Å². The average Bonchev–Trinajstić information content (AvgIpc) is 2.59. The number of carbonyl (C=O) groups is 1. The fourth-order valence-electron chi connectivity index (χ4n) is 1.45. The molecule has 2 rings (SSSR count). The molecule has 2 heterocycles. The standard InChI is InChI=1S/C9H10N2O2/c1-13-9(12)7-5-6-3-2-4-10-8(6)11-7/h2-4,7H,5H2,1H3,(H,10,11)/t7-/m1/s1. The summed E-state index contributed by atoms with van der Waals surface area (Å²) in [6.07, 6.45) is 2.36. The second kappa shape index (κ2) is 3.05. The number of hydrogen-bond acceptors (Lipinski definition) is 4. The first-order valence-corrected chi connectivity index (χ1v) is 4.09. The van der Waals surface area contributed by atoms with Gasteiger partial charge in [0.1, 0.15) is 11.9 Å². The van der Waals surface area contributed by atoms with Crippen molar-refractivity contribution in [1.82, 2.24) is 4.98 Å². The van der Waals surface area contributed by atoms with Crippen LogP contribution in [0.3, 0.4) is 0 Å². The highest BCUT2D eigenvalue weighted by molar-refractivity contribution is 5.81. The highest BCUT2D eigenvalue weighted by Gasteiger charge is 2.27. The third kappa shape index (κ3) is 1.35. The average molecular weight is 178 g/mol. The minimum atomic E-state index is -0.269. The Morgan fingerprint density at radius 1 is 1.77 bits per heavy atom. The van der Waals surface area contributed by atoms with Crippen LogP contribution in [-0.4, -0.2) is 24.1 Å². The molecular weight excluding hydrogens is 168 g/mol. The smallest absolute Gasteiger partial charge is 0.328 e. The molecular formula is C9H10N2O2. The number of ether oxygens (including phenoxy) is 1. The minimum absolute atomic E-state index is 0.238. The molecule has 1 aliphatic heterocycles. The largest absolute Gasteiger partial charge is 0.467 e. The lowest BCUT2D eigenvalue weighted by Gasteiger charge is -2.06. The number of anilines is 1. The van der Waals surface area contributed by atoms with Gasteiger partial charge in [-0.1, -0.05) is 6.07 Å². The number of carbonyl (C=O) groups excluding carboxylic acids is 1. The lowest BCUT2D eigenvalue weighted by molar-refractivity contribution is -0.141. The Hall–Kier alpha value is -1.58. The van der Waals surface area contributed by atoms with Gasteiger partial charge in [0, 0.05) is 12.6 Å². The van der Waals surface area contributed by atoms with Crippen molar-refractivity contribution in [2.45, 2.75) is 12.5 Å². The molecule has 0 aromatic carbocycles. The summed E-state index contributed by atoms with van der Waals surface area (Å²) >= 11 is 0. The Kier molecular flexibility index (Phi) is 1.88. The monoisotopic (exact) mass is 178 g/mol. The van der Waals surface area contributed by atoms with Gasteiger partial charge in [0.05, 0.1) is 7.11 Å². The van der Waals surface area contributed by atoms with Gasteiger partial charge in [0.25, 0.3) is 0 Å².